The van der Waals surface area contributed by atoms with Crippen LogP contribution >= 0.6 is 0 Å². The number of rotatable bonds is 3. The first-order chi connectivity index (χ1) is 20.0. The van der Waals surface area contributed by atoms with Crippen molar-refractivity contribution in [3.63, 3.8) is 0 Å². The van der Waals surface area contributed by atoms with Crippen molar-refractivity contribution in [2.45, 2.75) is 111 Å². The summed E-state index contributed by atoms with van der Waals surface area (Å²) in [6.45, 7) is 17.5. The number of hydrogen-bond donors (Lipinski definition) is 2. The molecule has 5 aliphatic rings. The van der Waals surface area contributed by atoms with Gasteiger partial charge in [-0.15, -0.1) is 0 Å². The van der Waals surface area contributed by atoms with Crippen LogP contribution in [0, 0.1) is 28.6 Å². The molecule has 2 N–H and O–H groups in total. The van der Waals surface area contributed by atoms with Crippen molar-refractivity contribution in [3.05, 3.63) is 64.4 Å². The lowest BCUT2D eigenvalue weighted by molar-refractivity contribution is -0.149. The summed E-state index contributed by atoms with van der Waals surface area (Å²) < 4.78 is 6.53. The van der Waals surface area contributed by atoms with Gasteiger partial charge in [-0.25, -0.2) is 4.79 Å². The summed E-state index contributed by atoms with van der Waals surface area (Å²) in [5, 5.41) is 10.7. The van der Waals surface area contributed by atoms with Crippen LogP contribution in [0.15, 0.2) is 42.0 Å². The summed E-state index contributed by atoms with van der Waals surface area (Å²) in [6, 6.07) is 4.90. The smallest absolute Gasteiger partial charge is 0.331 e. The Morgan fingerprint density at radius 2 is 1.81 bits per heavy atom. The minimum Gasteiger partial charge on any atom is -0.478 e. The first-order valence-electron chi connectivity index (χ1n) is 16.3. The molecule has 6 atom stereocenters. The van der Waals surface area contributed by atoms with Gasteiger partial charge in [0, 0.05) is 45.3 Å². The van der Waals surface area contributed by atoms with Crippen molar-refractivity contribution >= 4 is 28.2 Å². The summed E-state index contributed by atoms with van der Waals surface area (Å²) in [4.78, 5) is 29.0. The third-order valence-corrected chi connectivity index (χ3v) is 13.0. The first kappa shape index (κ1) is 28.8. The molecule has 2 fully saturated rings. The molecule has 43 heavy (non-hydrogen) atoms. The van der Waals surface area contributed by atoms with Gasteiger partial charge in [0.25, 0.3) is 0 Å². The van der Waals surface area contributed by atoms with Crippen LogP contribution in [0.4, 0.5) is 0 Å². The number of benzene rings is 1. The number of ketones is 1. The predicted molar refractivity (Wildman–Crippen MR) is 171 cm³/mol. The molecule has 2 aromatic rings. The molecule has 7 rings (SSSR count). The molecule has 2 heterocycles. The van der Waals surface area contributed by atoms with Crippen LogP contribution in [0.2, 0.25) is 0 Å². The lowest BCUT2D eigenvalue weighted by Crippen LogP contribution is -2.60. The average Bonchev–Trinajstić information content (AvgIpc) is 3.54. The number of allylic oxidation sites excluding steroid dienone is 3. The number of H-pyrrole nitrogens is 1. The fraction of sp³-hybridized carbons (Fsp3) is 0.579. The minimum atomic E-state index is -0.929. The standard InChI is InChI=1S/C38H47NO4/c1-21(33(41)42)10-9-14-36(6)30-12-11-23-18-26-25-19-24-22(16-28-27(24)20-34(2,3)43-35(28,4)5)17-29(25)39-32(26)38(23,8)37(30,7)15-13-31(36)40/h9-10,14,17,19-20,23,28,30,39H,11-13,15-16,18H2,1-8H3,(H,41,42)/b14-9+,21-10+/t23-,28+,30-,36-,37-,38+/m0/s1. The van der Waals surface area contributed by atoms with E-state index in [-0.39, 0.29) is 39.3 Å². The van der Waals surface area contributed by atoms with Crippen LogP contribution in [0.3, 0.4) is 0 Å². The number of aliphatic carboxylic acids is 1. The maximum atomic E-state index is 13.6. The van der Waals surface area contributed by atoms with Crippen LogP contribution in [-0.4, -0.2) is 33.0 Å². The normalized spacial score (nSPS) is 37.5. The average molecular weight is 582 g/mol. The second-order valence-electron chi connectivity index (χ2n) is 16.1. The van der Waals surface area contributed by atoms with Crippen molar-refractivity contribution in [1.29, 1.82) is 0 Å². The number of carboxylic acids is 1. The Bertz CT molecular complexity index is 1680. The highest BCUT2D eigenvalue weighted by atomic mass is 16.5. The summed E-state index contributed by atoms with van der Waals surface area (Å²) in [5.74, 6) is 0.455. The fourth-order valence-corrected chi connectivity index (χ4v) is 10.7. The van der Waals surface area contributed by atoms with Gasteiger partial charge in [0.15, 0.2) is 0 Å². The van der Waals surface area contributed by atoms with Crippen molar-refractivity contribution in [2.24, 2.45) is 28.6 Å². The van der Waals surface area contributed by atoms with E-state index in [0.717, 1.165) is 32.1 Å². The number of carbonyl (C=O) groups excluding carboxylic acids is 1. The lowest BCUT2D eigenvalue weighted by atomic mass is 9.41. The molecular weight excluding hydrogens is 534 g/mol. The second kappa shape index (κ2) is 8.84. The van der Waals surface area contributed by atoms with Crippen molar-refractivity contribution in [3.8, 4) is 0 Å². The van der Waals surface area contributed by atoms with Crippen LogP contribution in [0.25, 0.3) is 16.5 Å². The second-order valence-corrected chi connectivity index (χ2v) is 16.1. The molecule has 5 nitrogen and oxygen atoms in total. The number of fused-ring (bicyclic) bond motifs is 10. The Morgan fingerprint density at radius 1 is 1.07 bits per heavy atom. The van der Waals surface area contributed by atoms with Gasteiger partial charge in [-0.05, 0) is 131 Å². The molecule has 1 aromatic heterocycles. The number of carboxylic acid groups (broad SMARTS) is 1. The number of carbonyl (C=O) groups is 2. The Labute approximate surface area is 255 Å². The third-order valence-electron chi connectivity index (χ3n) is 13.0. The molecule has 1 aromatic carbocycles. The zero-order valence-electron chi connectivity index (χ0n) is 27.1. The van der Waals surface area contributed by atoms with E-state index >= 15 is 0 Å². The van der Waals surface area contributed by atoms with Gasteiger partial charge in [-0.2, -0.15) is 0 Å². The maximum absolute atomic E-state index is 13.6. The fourth-order valence-electron chi connectivity index (χ4n) is 10.7. The molecule has 1 aliphatic heterocycles. The van der Waals surface area contributed by atoms with Crippen LogP contribution in [0.5, 0.6) is 0 Å². The Morgan fingerprint density at radius 3 is 2.53 bits per heavy atom. The monoisotopic (exact) mass is 581 g/mol. The van der Waals surface area contributed by atoms with Crippen LogP contribution in [0.1, 0.15) is 103 Å². The number of ether oxygens (including phenoxy) is 1. The Hall–Kier alpha value is -2.92. The van der Waals surface area contributed by atoms with Crippen molar-refractivity contribution in [2.75, 3.05) is 0 Å². The SMILES string of the molecule is C/C(=C\C=C\[C@]1(C)C(=O)CC[C@@]2(C)[C@H]1CC[C@H]1Cc3c([nH]c4cc5c(cc34)C3=CC(C)(C)OC(C)(C)[C@@H]3C5)[C@@]12C)C(=O)O. The topological polar surface area (TPSA) is 79.4 Å². The quantitative estimate of drug-likeness (QED) is 0.283. The van der Waals surface area contributed by atoms with Gasteiger partial charge < -0.3 is 14.8 Å². The Kier molecular flexibility index (Phi) is 5.92. The zero-order chi connectivity index (χ0) is 30.9. The number of aromatic nitrogens is 1. The van der Waals surface area contributed by atoms with Crippen LogP contribution < -0.4 is 0 Å². The van der Waals surface area contributed by atoms with E-state index in [1.807, 2.05) is 12.2 Å². The zero-order valence-corrected chi connectivity index (χ0v) is 27.1. The van der Waals surface area contributed by atoms with E-state index in [1.54, 1.807) is 13.0 Å². The molecule has 0 amide bonds. The van der Waals surface area contributed by atoms with Crippen molar-refractivity contribution < 1.29 is 19.4 Å². The maximum Gasteiger partial charge on any atom is 0.331 e. The lowest BCUT2D eigenvalue weighted by Gasteiger charge is -2.62. The molecule has 4 aliphatic carbocycles. The molecule has 0 bridgehead atoms. The van der Waals surface area contributed by atoms with E-state index < -0.39 is 11.4 Å². The highest BCUT2D eigenvalue weighted by Crippen LogP contribution is 2.69. The molecular formula is C38H47NO4. The largest absolute Gasteiger partial charge is 0.478 e. The molecule has 2 saturated carbocycles. The molecule has 5 heteroatoms. The van der Waals surface area contributed by atoms with Crippen LogP contribution in [-0.2, 0) is 32.6 Å². The molecule has 0 radical (unpaired) electrons. The minimum absolute atomic E-state index is 0.0638. The molecule has 228 valence electrons. The van der Waals surface area contributed by atoms with E-state index in [9.17, 15) is 14.7 Å². The third kappa shape index (κ3) is 3.79. The van der Waals surface area contributed by atoms with Gasteiger partial charge in [0.05, 0.1) is 11.2 Å². The number of hydrogen-bond acceptors (Lipinski definition) is 3. The van der Waals surface area contributed by atoms with E-state index in [4.69, 9.17) is 4.74 Å². The summed E-state index contributed by atoms with van der Waals surface area (Å²) in [6.07, 6.45) is 13.5. The summed E-state index contributed by atoms with van der Waals surface area (Å²) >= 11 is 0. The van der Waals surface area contributed by atoms with Gasteiger partial charge in [-0.1, -0.05) is 32.1 Å². The van der Waals surface area contributed by atoms with E-state index in [1.165, 1.54) is 38.9 Å². The summed E-state index contributed by atoms with van der Waals surface area (Å²) in [5.41, 5.74) is 7.41. The van der Waals surface area contributed by atoms with Gasteiger partial charge in [0.1, 0.15) is 5.78 Å². The van der Waals surface area contributed by atoms with Gasteiger partial charge in [-0.3, -0.25) is 4.79 Å². The highest BCUT2D eigenvalue weighted by molar-refractivity contribution is 5.93. The molecule has 0 spiro atoms. The predicted octanol–water partition coefficient (Wildman–Crippen LogP) is 8.11. The number of nitrogens with one attached hydrogen (secondary N) is 1. The van der Waals surface area contributed by atoms with E-state index in [2.05, 4.69) is 71.7 Å². The molecule has 0 unspecified atom stereocenters. The number of aromatic amines is 1. The molecule has 0 saturated heterocycles. The Balaban J connectivity index is 1.32. The van der Waals surface area contributed by atoms with E-state index in [0.29, 0.717) is 18.3 Å². The first-order valence-corrected chi connectivity index (χ1v) is 16.3. The summed E-state index contributed by atoms with van der Waals surface area (Å²) in [7, 11) is 0. The highest BCUT2D eigenvalue weighted by Gasteiger charge is 2.66. The van der Waals surface area contributed by atoms with Crippen molar-refractivity contribution in [1.82, 2.24) is 4.98 Å². The van der Waals surface area contributed by atoms with Gasteiger partial charge in [0.2, 0.25) is 0 Å². The van der Waals surface area contributed by atoms with Gasteiger partial charge >= 0.3 is 5.97 Å². The number of Topliss-reactive ketones (excluding diaryl/α,β-unsaturated/α-hetero) is 1.